The fraction of sp³-hybridized carbons (Fsp3) is 0.840. The van der Waals surface area contributed by atoms with Gasteiger partial charge in [0.1, 0.15) is 54.4 Å². The van der Waals surface area contributed by atoms with E-state index in [9.17, 15) is 34.2 Å². The Balaban J connectivity index is 1.98. The summed E-state index contributed by atoms with van der Waals surface area (Å²) in [5.41, 5.74) is -1.39. The van der Waals surface area contributed by atoms with E-state index in [1.165, 1.54) is 87.6 Å². The minimum absolute atomic E-state index is 0.000252. The van der Waals surface area contributed by atoms with Crippen molar-refractivity contribution in [3.8, 4) is 0 Å². The van der Waals surface area contributed by atoms with Crippen LogP contribution in [0.15, 0.2) is 0 Å². The Morgan fingerprint density at radius 3 is 1.42 bits per heavy atom. The number of hydrogen-bond acceptors (Lipinski definition) is 15. The minimum Gasteiger partial charge on any atom is -0.391 e. The van der Waals surface area contributed by atoms with Gasteiger partial charge in [-0.05, 0) is 114 Å². The van der Waals surface area contributed by atoms with Crippen molar-refractivity contribution in [1.82, 2.24) is 60.5 Å². The van der Waals surface area contributed by atoms with Gasteiger partial charge in [-0.2, -0.15) is 0 Å². The predicted octanol–water partition coefficient (Wildman–Crippen LogP) is 4.47. The molecule has 2 aliphatic carbocycles. The first-order valence-corrected chi connectivity index (χ1v) is 38.2. The Kier molecular flexibility index (Phi) is 36.1. The summed E-state index contributed by atoms with van der Waals surface area (Å²) in [5.74, 6) is -9.46. The van der Waals surface area contributed by atoms with Crippen molar-refractivity contribution < 1.29 is 72.5 Å². The van der Waals surface area contributed by atoms with Crippen LogP contribution in [0.5, 0.6) is 0 Å². The molecule has 27 nitrogen and oxygen atoms in total. The number of piperidine rings is 1. The van der Waals surface area contributed by atoms with Crippen molar-refractivity contribution >= 4 is 70.9 Å². The van der Waals surface area contributed by atoms with Gasteiger partial charge in [0.05, 0.1) is 44.4 Å². The highest BCUT2D eigenvalue weighted by Crippen LogP contribution is 2.32. The zero-order valence-electron chi connectivity index (χ0n) is 65.3. The maximum absolute atomic E-state index is 15.5. The second kappa shape index (κ2) is 41.9. The first kappa shape index (κ1) is 87.9. The molecule has 12 amide bonds. The number of aliphatic hydroxyl groups excluding tert-OH is 1. The van der Waals surface area contributed by atoms with Crippen LogP contribution in [0.3, 0.4) is 0 Å². The van der Waals surface area contributed by atoms with E-state index >= 15 is 33.6 Å². The molecule has 102 heavy (non-hydrogen) atoms. The van der Waals surface area contributed by atoms with Gasteiger partial charge < -0.3 is 75.4 Å². The lowest BCUT2D eigenvalue weighted by Crippen LogP contribution is -2.62. The smallest absolute Gasteiger partial charge is 0.248 e. The summed E-state index contributed by atoms with van der Waals surface area (Å²) in [4.78, 5) is 191. The number of amides is 12. The van der Waals surface area contributed by atoms with Crippen LogP contribution in [-0.4, -0.2) is 275 Å². The highest BCUT2D eigenvalue weighted by Gasteiger charge is 2.44. The van der Waals surface area contributed by atoms with Crippen molar-refractivity contribution in [3.05, 3.63) is 0 Å². The highest BCUT2D eigenvalue weighted by atomic mass is 16.5. The summed E-state index contributed by atoms with van der Waals surface area (Å²) in [5, 5.41) is 33.7. The molecular weight excluding hydrogens is 1310 g/mol. The molecule has 6 N–H and O–H groups in total. The lowest BCUT2D eigenvalue weighted by Gasteiger charge is -2.38. The molecule has 4 rings (SSSR count). The Labute approximate surface area is 609 Å². The predicted molar refractivity (Wildman–Crippen MR) is 389 cm³/mol. The Morgan fingerprint density at radius 1 is 0.510 bits per heavy atom. The molecule has 2 heterocycles. The van der Waals surface area contributed by atoms with E-state index in [1.54, 1.807) is 18.7 Å². The highest BCUT2D eigenvalue weighted by molar-refractivity contribution is 6.00. The Morgan fingerprint density at radius 2 is 0.941 bits per heavy atom. The van der Waals surface area contributed by atoms with Gasteiger partial charge in [-0.1, -0.05) is 133 Å². The molecule has 2 saturated heterocycles. The lowest BCUT2D eigenvalue weighted by molar-refractivity contribution is -0.152. The van der Waals surface area contributed by atoms with Crippen LogP contribution in [0, 0.1) is 35.5 Å². The fourth-order valence-corrected chi connectivity index (χ4v) is 14.5. The van der Waals surface area contributed by atoms with Crippen LogP contribution in [-0.2, 0) is 62.3 Å². The van der Waals surface area contributed by atoms with Crippen molar-refractivity contribution in [1.29, 1.82) is 0 Å². The molecule has 0 unspecified atom stereocenters. The van der Waals surface area contributed by atoms with Gasteiger partial charge in [0.15, 0.2) is 0 Å². The number of nitrogens with zero attached hydrogens (tertiary/aromatic N) is 8. The molecule has 0 radical (unpaired) electrons. The van der Waals surface area contributed by atoms with Gasteiger partial charge in [0, 0.05) is 61.9 Å². The normalized spacial score (nSPS) is 26.8. The molecule has 2 aliphatic heterocycles. The third-order valence-electron chi connectivity index (χ3n) is 21.1. The zero-order chi connectivity index (χ0) is 76.6. The summed E-state index contributed by atoms with van der Waals surface area (Å²) >= 11 is 0. The van der Waals surface area contributed by atoms with E-state index in [0.29, 0.717) is 38.8 Å². The molecule has 0 bridgehead atoms. The Bertz CT molecular complexity index is 2780. The average molecular weight is 1440 g/mol. The molecule has 27 heteroatoms. The molecule has 582 valence electrons. The lowest BCUT2D eigenvalue weighted by atomic mass is 9.84. The van der Waals surface area contributed by atoms with E-state index in [-0.39, 0.29) is 74.8 Å². The molecule has 0 spiro atoms. The van der Waals surface area contributed by atoms with Gasteiger partial charge in [0.25, 0.3) is 0 Å². The number of aliphatic hydroxyl groups is 2. The molecule has 0 aromatic heterocycles. The molecule has 0 aromatic carbocycles. The molecule has 2 saturated carbocycles. The number of nitrogens with one attached hydrogen (secondary N) is 4. The van der Waals surface area contributed by atoms with Crippen molar-refractivity contribution in [2.75, 3.05) is 88.2 Å². The topological polar surface area (TPSA) is 329 Å². The van der Waals surface area contributed by atoms with E-state index in [2.05, 4.69) is 21.3 Å². The maximum Gasteiger partial charge on any atom is 0.248 e. The van der Waals surface area contributed by atoms with Crippen LogP contribution in [0.2, 0.25) is 0 Å². The fourth-order valence-electron chi connectivity index (χ4n) is 14.5. The van der Waals surface area contributed by atoms with Crippen LogP contribution >= 0.6 is 0 Å². The van der Waals surface area contributed by atoms with Gasteiger partial charge in [-0.15, -0.1) is 0 Å². The third-order valence-corrected chi connectivity index (χ3v) is 21.1. The largest absolute Gasteiger partial charge is 0.391 e. The van der Waals surface area contributed by atoms with Gasteiger partial charge in [-0.25, -0.2) is 0 Å². The first-order valence-electron chi connectivity index (χ1n) is 38.2. The van der Waals surface area contributed by atoms with E-state index in [1.807, 2.05) is 48.5 Å². The second-order valence-corrected chi connectivity index (χ2v) is 32.0. The molecule has 0 aromatic rings. The maximum atomic E-state index is 15.5. The molecule has 11 atom stereocenters. The van der Waals surface area contributed by atoms with Crippen LogP contribution in [0.1, 0.15) is 218 Å². The zero-order valence-corrected chi connectivity index (χ0v) is 65.3. The summed E-state index contributed by atoms with van der Waals surface area (Å²) < 4.78 is 5.95. The van der Waals surface area contributed by atoms with Crippen molar-refractivity contribution in [2.24, 2.45) is 35.5 Å². The third kappa shape index (κ3) is 26.6. The summed E-state index contributed by atoms with van der Waals surface area (Å²) in [6.45, 7) is 19.7. The number of hydrogen-bond donors (Lipinski definition) is 6. The summed E-state index contributed by atoms with van der Waals surface area (Å²) in [6.07, 6.45) is 10.2. The molecule has 4 aliphatic rings. The monoisotopic (exact) mass is 1440 g/mol. The van der Waals surface area contributed by atoms with Gasteiger partial charge in [0.2, 0.25) is 70.9 Å². The van der Waals surface area contributed by atoms with Gasteiger partial charge >= 0.3 is 0 Å². The number of carbonyl (C=O) groups is 12. The van der Waals surface area contributed by atoms with Crippen LogP contribution in [0.25, 0.3) is 0 Å². The summed E-state index contributed by atoms with van der Waals surface area (Å²) in [7, 11) is 8.61. The first-order chi connectivity index (χ1) is 47.8. The van der Waals surface area contributed by atoms with Crippen LogP contribution < -0.4 is 21.3 Å². The quantitative estimate of drug-likeness (QED) is 0.0980. The SMILES string of the molecule is CCCN1CC(=O)N(C)[C@@H](CC2CCCCC2)C(=O)N(C)[C@@H](CC(C)C)C(=O)N[C@@H](COCC(C)(C)O)C(=O)N(C)[C@@H](CC(C)C)C(=O)N[C@H](C(=O)N2CCCCC2)CC(=O)N(C)CC(=O)N(C)[C@@H](CC2CCCCC2)C(=O)N[C@@H]([C@@H](C)CC)C(=O)N(C)[C@@H](CC(C)C)C(=O)N[C@@H]([C@@H](C)O)C1=O. The molecule has 4 fully saturated rings. The minimum atomic E-state index is -1.63. The van der Waals surface area contributed by atoms with Gasteiger partial charge in [-0.3, -0.25) is 57.5 Å². The second-order valence-electron chi connectivity index (χ2n) is 32.0. The molecular formula is C75H132N12O15. The van der Waals surface area contributed by atoms with Crippen molar-refractivity contribution in [3.63, 3.8) is 0 Å². The van der Waals surface area contributed by atoms with E-state index < -0.39 is 169 Å². The number of carbonyl (C=O) groups excluding carboxylic acids is 12. The number of rotatable bonds is 20. The summed E-state index contributed by atoms with van der Waals surface area (Å²) in [6, 6.07) is -12.0. The number of ether oxygens (including phenoxy) is 1. The van der Waals surface area contributed by atoms with E-state index in [0.717, 1.165) is 80.4 Å². The number of likely N-dealkylation sites (N-methyl/N-ethyl adjacent to an activating group) is 6. The number of likely N-dealkylation sites (tertiary alicyclic amines) is 1. The van der Waals surface area contributed by atoms with E-state index in [4.69, 9.17) is 4.74 Å². The van der Waals surface area contributed by atoms with Crippen molar-refractivity contribution in [2.45, 2.75) is 284 Å². The standard InChI is InChI=1S/C75H132N12O15/c1-19-34-87-44-63(91)82(15)60(41-53-32-26-22-27-33-53)72(98)84(17)57(38-48(5)6)67(93)77-55(45-102-46-75(11,12)101)70(96)83(16)56(37-47(3)4)66(92)76-54(71(97)86-35-28-23-29-36-86)42-61(89)80(13)43-62(90)81(14)59(40-52-30-24-21-25-31-52)69(95)78-64(50(9)20-2)73(99)85(18)58(39-49(7)8)68(94)79-65(51(10)88)74(87)100/h47-60,64-65,88,101H,19-46H2,1-18H3,(H,76,92)(H,77,93)(H,78,95)(H,79,94)/t50-,51+,54-,55-,56-,57-,58-,59-,60-,64-,65-/m0/s1. The average Bonchev–Trinajstić information content (AvgIpc) is 0.813. The van der Waals surface area contributed by atoms with Crippen LogP contribution in [0.4, 0.5) is 0 Å². The Hall–Kier alpha value is -6.48.